The number of ether oxygens (including phenoxy) is 1. The first-order chi connectivity index (χ1) is 8.74. The first-order valence-electron chi connectivity index (χ1n) is 4.67. The van der Waals surface area contributed by atoms with Crippen LogP contribution in [0.4, 0.5) is 13.2 Å². The summed E-state index contributed by atoms with van der Waals surface area (Å²) in [6.45, 7) is 6.51. The molecule has 0 atom stereocenters. The number of para-hydroxylation sites is 1. The highest BCUT2D eigenvalue weighted by Gasteiger charge is 2.48. The molecule has 0 heterocycles. The lowest BCUT2D eigenvalue weighted by atomic mass is 10.3. The summed E-state index contributed by atoms with van der Waals surface area (Å²) >= 11 is 0. The van der Waals surface area contributed by atoms with Crippen LogP contribution in [0.5, 0.6) is 5.75 Å². The van der Waals surface area contributed by atoms with Gasteiger partial charge in [0.1, 0.15) is 5.75 Å². The van der Waals surface area contributed by atoms with Crippen LogP contribution in [-0.2, 0) is 14.9 Å². The molecule has 0 aromatic heterocycles. The van der Waals surface area contributed by atoms with E-state index in [9.17, 15) is 21.6 Å². The van der Waals surface area contributed by atoms with Crippen LogP contribution < -0.4 is 4.18 Å². The molecule has 1 rings (SSSR count). The van der Waals surface area contributed by atoms with E-state index in [4.69, 9.17) is 0 Å². The lowest BCUT2D eigenvalue weighted by Crippen LogP contribution is -2.27. The summed E-state index contributed by atoms with van der Waals surface area (Å²) in [6.07, 6.45) is 2.62. The molecule has 0 aliphatic carbocycles. The minimum Gasteiger partial charge on any atom is -0.474 e. The van der Waals surface area contributed by atoms with E-state index < -0.39 is 15.6 Å². The van der Waals surface area contributed by atoms with Crippen LogP contribution in [-0.4, -0.2) is 13.9 Å². The fraction of sp³-hybridized carbons (Fsp3) is 0.0909. The molecule has 0 saturated carbocycles. The molecule has 4 nitrogen and oxygen atoms in total. The number of alkyl halides is 3. The average Bonchev–Trinajstić information content (AvgIpc) is 2.30. The molecule has 1 aromatic carbocycles. The monoisotopic (exact) mass is 296 g/mol. The van der Waals surface area contributed by atoms with E-state index in [2.05, 4.69) is 22.1 Å². The molecule has 106 valence electrons. The Morgan fingerprint density at radius 2 is 1.53 bits per heavy atom. The highest BCUT2D eigenvalue weighted by Crippen LogP contribution is 2.26. The van der Waals surface area contributed by atoms with Crippen LogP contribution >= 0.6 is 0 Å². The number of rotatable bonds is 4. The van der Waals surface area contributed by atoms with Gasteiger partial charge in [-0.25, -0.2) is 0 Å². The standard InChI is InChI=1S/C7H5F3O3S.C4H6O/c8-7(9,10)14(11,12)13-6-4-2-1-3-5-6;1-3-5-4-2/h1-5H;3-4H,1-2H2. The van der Waals surface area contributed by atoms with Gasteiger partial charge in [0.2, 0.25) is 0 Å². The second-order valence-electron chi connectivity index (χ2n) is 2.77. The lowest BCUT2D eigenvalue weighted by molar-refractivity contribution is -0.0500. The van der Waals surface area contributed by atoms with Crippen molar-refractivity contribution in [2.75, 3.05) is 0 Å². The quantitative estimate of drug-likeness (QED) is 0.486. The van der Waals surface area contributed by atoms with E-state index in [1.165, 1.54) is 30.7 Å². The van der Waals surface area contributed by atoms with Gasteiger partial charge < -0.3 is 8.92 Å². The molecule has 0 radical (unpaired) electrons. The van der Waals surface area contributed by atoms with E-state index in [-0.39, 0.29) is 5.75 Å². The van der Waals surface area contributed by atoms with Crippen LogP contribution in [0.25, 0.3) is 0 Å². The third kappa shape index (κ3) is 6.51. The molecule has 1 aromatic rings. The van der Waals surface area contributed by atoms with Gasteiger partial charge in [0.15, 0.2) is 0 Å². The summed E-state index contributed by atoms with van der Waals surface area (Å²) in [5.74, 6) is -0.371. The highest BCUT2D eigenvalue weighted by atomic mass is 32.2. The van der Waals surface area contributed by atoms with Crippen LogP contribution in [0, 0.1) is 0 Å². The molecular formula is C11H11F3O4S. The first kappa shape index (κ1) is 17.0. The van der Waals surface area contributed by atoms with Gasteiger partial charge in [-0.2, -0.15) is 21.6 Å². The van der Waals surface area contributed by atoms with Crippen molar-refractivity contribution < 1.29 is 30.5 Å². The molecular weight excluding hydrogens is 285 g/mol. The lowest BCUT2D eigenvalue weighted by Gasteiger charge is -2.08. The Morgan fingerprint density at radius 3 is 1.84 bits per heavy atom. The van der Waals surface area contributed by atoms with E-state index >= 15 is 0 Å². The average molecular weight is 296 g/mol. The van der Waals surface area contributed by atoms with Crippen molar-refractivity contribution in [2.24, 2.45) is 0 Å². The maximum Gasteiger partial charge on any atom is 0.534 e. The van der Waals surface area contributed by atoms with Gasteiger partial charge >= 0.3 is 15.6 Å². The summed E-state index contributed by atoms with van der Waals surface area (Å²) in [7, 11) is -5.55. The van der Waals surface area contributed by atoms with E-state index in [0.717, 1.165) is 12.1 Å². The summed E-state index contributed by atoms with van der Waals surface area (Å²) in [4.78, 5) is 0. The van der Waals surface area contributed by atoms with Crippen molar-refractivity contribution in [3.8, 4) is 5.75 Å². The van der Waals surface area contributed by atoms with Gasteiger partial charge in [-0.1, -0.05) is 31.4 Å². The van der Waals surface area contributed by atoms with Gasteiger partial charge in [0, 0.05) is 0 Å². The summed E-state index contributed by atoms with van der Waals surface area (Å²) in [6, 6.07) is 6.47. The van der Waals surface area contributed by atoms with Crippen LogP contribution in [0.1, 0.15) is 0 Å². The van der Waals surface area contributed by atoms with Gasteiger partial charge in [-0.15, -0.1) is 0 Å². The number of hydrogen-bond acceptors (Lipinski definition) is 4. The van der Waals surface area contributed by atoms with Crippen molar-refractivity contribution in [1.29, 1.82) is 0 Å². The smallest absolute Gasteiger partial charge is 0.474 e. The maximum absolute atomic E-state index is 11.8. The Labute approximate surface area is 108 Å². The largest absolute Gasteiger partial charge is 0.534 e. The first-order valence-corrected chi connectivity index (χ1v) is 6.08. The third-order valence-corrected chi connectivity index (χ3v) is 2.40. The van der Waals surface area contributed by atoms with Crippen molar-refractivity contribution >= 4 is 10.1 Å². The van der Waals surface area contributed by atoms with Crippen molar-refractivity contribution in [1.82, 2.24) is 0 Å². The Hall–Kier alpha value is -1.96. The van der Waals surface area contributed by atoms with Gasteiger partial charge in [-0.3, -0.25) is 0 Å². The predicted octanol–water partition coefficient (Wildman–Crippen LogP) is 3.21. The summed E-state index contributed by atoms with van der Waals surface area (Å²) < 4.78 is 64.5. The molecule has 0 fully saturated rings. The molecule has 0 bridgehead atoms. The SMILES string of the molecule is C=COC=C.O=S(=O)(Oc1ccccc1)C(F)(F)F. The molecule has 0 amide bonds. The Morgan fingerprint density at radius 1 is 1.05 bits per heavy atom. The summed E-state index contributed by atoms with van der Waals surface area (Å²) in [5, 5.41) is 0. The topological polar surface area (TPSA) is 52.6 Å². The predicted molar refractivity (Wildman–Crippen MR) is 63.5 cm³/mol. The second-order valence-corrected chi connectivity index (χ2v) is 4.30. The molecule has 0 spiro atoms. The fourth-order valence-corrected chi connectivity index (χ4v) is 1.18. The zero-order valence-corrected chi connectivity index (χ0v) is 10.4. The Bertz CT molecular complexity index is 488. The molecule has 0 saturated heterocycles. The van der Waals surface area contributed by atoms with Crippen LogP contribution in [0.2, 0.25) is 0 Å². The second kappa shape index (κ2) is 7.47. The zero-order chi connectivity index (χ0) is 14.9. The highest BCUT2D eigenvalue weighted by molar-refractivity contribution is 7.87. The zero-order valence-electron chi connectivity index (χ0n) is 9.63. The van der Waals surface area contributed by atoms with Crippen LogP contribution in [0.15, 0.2) is 56.0 Å². The Balaban J connectivity index is 0.000000555. The molecule has 0 aliphatic rings. The van der Waals surface area contributed by atoms with Crippen molar-refractivity contribution in [3.05, 3.63) is 56.0 Å². The van der Waals surface area contributed by atoms with E-state index in [1.807, 2.05) is 0 Å². The molecule has 0 N–H and O–H groups in total. The number of benzene rings is 1. The summed E-state index contributed by atoms with van der Waals surface area (Å²) in [5.41, 5.74) is -5.40. The van der Waals surface area contributed by atoms with Crippen molar-refractivity contribution in [3.63, 3.8) is 0 Å². The number of halogens is 3. The van der Waals surface area contributed by atoms with Crippen LogP contribution in [0.3, 0.4) is 0 Å². The molecule has 19 heavy (non-hydrogen) atoms. The van der Waals surface area contributed by atoms with Gasteiger partial charge in [-0.05, 0) is 12.1 Å². The van der Waals surface area contributed by atoms with Gasteiger partial charge in [0.25, 0.3) is 0 Å². The third-order valence-electron chi connectivity index (χ3n) is 1.43. The van der Waals surface area contributed by atoms with E-state index in [0.29, 0.717) is 0 Å². The Kier molecular flexibility index (Phi) is 6.70. The van der Waals surface area contributed by atoms with Gasteiger partial charge in [0.05, 0.1) is 12.5 Å². The normalized spacial score (nSPS) is 10.7. The fourth-order valence-electron chi connectivity index (χ4n) is 0.718. The molecule has 0 unspecified atom stereocenters. The van der Waals surface area contributed by atoms with Crippen molar-refractivity contribution in [2.45, 2.75) is 5.51 Å². The molecule has 0 aliphatic heterocycles. The minimum absolute atomic E-state index is 0.371. The van der Waals surface area contributed by atoms with E-state index in [1.54, 1.807) is 0 Å². The number of hydrogen-bond donors (Lipinski definition) is 0. The maximum atomic E-state index is 11.8. The molecule has 8 heteroatoms. The minimum atomic E-state index is -5.55.